The van der Waals surface area contributed by atoms with Crippen LogP contribution in [0.4, 0.5) is 0 Å². The molecule has 0 fully saturated rings. The predicted molar refractivity (Wildman–Crippen MR) is 72.9 cm³/mol. The summed E-state index contributed by atoms with van der Waals surface area (Å²) in [6, 6.07) is 9.94. The molecule has 0 radical (unpaired) electrons. The molecule has 18 heavy (non-hydrogen) atoms. The van der Waals surface area contributed by atoms with Crippen molar-refractivity contribution < 1.29 is 9.53 Å². The monoisotopic (exact) mass is 249 g/mol. The standard InChI is InChI=1S/C15H23NO2/c1-12(7-6-8-13(2)16)15(17)18-11-14-9-4-3-5-10-14/h3-5,9-10,12-13H,6-8,11,16H2,1-2H3. The highest BCUT2D eigenvalue weighted by Gasteiger charge is 2.14. The third-order valence-corrected chi connectivity index (χ3v) is 2.92. The lowest BCUT2D eigenvalue weighted by atomic mass is 10.0. The van der Waals surface area contributed by atoms with Crippen molar-refractivity contribution in [2.24, 2.45) is 11.7 Å². The van der Waals surface area contributed by atoms with Gasteiger partial charge in [-0.25, -0.2) is 0 Å². The lowest BCUT2D eigenvalue weighted by molar-refractivity contribution is -0.149. The van der Waals surface area contributed by atoms with E-state index in [4.69, 9.17) is 10.5 Å². The van der Waals surface area contributed by atoms with Gasteiger partial charge in [0.25, 0.3) is 0 Å². The summed E-state index contributed by atoms with van der Waals surface area (Å²) >= 11 is 0. The molecule has 0 heterocycles. The number of hydrogen-bond acceptors (Lipinski definition) is 3. The molecule has 0 aromatic heterocycles. The molecule has 0 aliphatic heterocycles. The molecular weight excluding hydrogens is 226 g/mol. The van der Waals surface area contributed by atoms with Gasteiger partial charge in [-0.3, -0.25) is 4.79 Å². The number of nitrogens with two attached hydrogens (primary N) is 1. The van der Waals surface area contributed by atoms with Crippen LogP contribution >= 0.6 is 0 Å². The van der Waals surface area contributed by atoms with Crippen LogP contribution in [0.5, 0.6) is 0 Å². The number of esters is 1. The molecule has 1 rings (SSSR count). The van der Waals surface area contributed by atoms with Crippen LogP contribution in [0.1, 0.15) is 38.7 Å². The molecule has 0 saturated carbocycles. The third-order valence-electron chi connectivity index (χ3n) is 2.92. The smallest absolute Gasteiger partial charge is 0.308 e. The average Bonchev–Trinajstić information content (AvgIpc) is 2.36. The fourth-order valence-electron chi connectivity index (χ4n) is 1.73. The van der Waals surface area contributed by atoms with Gasteiger partial charge in [0.15, 0.2) is 0 Å². The van der Waals surface area contributed by atoms with Gasteiger partial charge in [0.05, 0.1) is 5.92 Å². The normalized spacial score (nSPS) is 13.9. The van der Waals surface area contributed by atoms with Crippen LogP contribution in [0.3, 0.4) is 0 Å². The number of carbonyl (C=O) groups excluding carboxylic acids is 1. The Kier molecular flexibility index (Phi) is 6.44. The Hall–Kier alpha value is -1.35. The van der Waals surface area contributed by atoms with Crippen molar-refractivity contribution in [3.8, 4) is 0 Å². The highest BCUT2D eigenvalue weighted by Crippen LogP contribution is 2.12. The maximum absolute atomic E-state index is 11.7. The number of hydrogen-bond donors (Lipinski definition) is 1. The van der Waals surface area contributed by atoms with E-state index in [1.165, 1.54) is 0 Å². The van der Waals surface area contributed by atoms with Crippen LogP contribution < -0.4 is 5.73 Å². The Morgan fingerprint density at radius 3 is 2.50 bits per heavy atom. The van der Waals surface area contributed by atoms with Crippen molar-refractivity contribution in [1.29, 1.82) is 0 Å². The van der Waals surface area contributed by atoms with Crippen LogP contribution in [0.25, 0.3) is 0 Å². The molecule has 3 nitrogen and oxygen atoms in total. The molecule has 100 valence electrons. The van der Waals surface area contributed by atoms with Gasteiger partial charge in [-0.1, -0.05) is 43.7 Å². The minimum absolute atomic E-state index is 0.0486. The Morgan fingerprint density at radius 1 is 1.22 bits per heavy atom. The topological polar surface area (TPSA) is 52.3 Å². The molecule has 2 unspecified atom stereocenters. The summed E-state index contributed by atoms with van der Waals surface area (Å²) in [5.74, 6) is -0.170. The summed E-state index contributed by atoms with van der Waals surface area (Å²) in [7, 11) is 0. The highest BCUT2D eigenvalue weighted by atomic mass is 16.5. The maximum Gasteiger partial charge on any atom is 0.308 e. The van der Waals surface area contributed by atoms with E-state index in [9.17, 15) is 4.79 Å². The Morgan fingerprint density at radius 2 is 1.89 bits per heavy atom. The van der Waals surface area contributed by atoms with E-state index >= 15 is 0 Å². The SMILES string of the molecule is CC(N)CCCC(C)C(=O)OCc1ccccc1. The molecule has 2 N–H and O–H groups in total. The van der Waals surface area contributed by atoms with E-state index in [0.29, 0.717) is 6.61 Å². The summed E-state index contributed by atoms with van der Waals surface area (Å²) in [6.45, 7) is 4.25. The van der Waals surface area contributed by atoms with Crippen LogP contribution in [0.15, 0.2) is 30.3 Å². The first-order chi connectivity index (χ1) is 8.59. The third kappa shape index (κ3) is 5.82. The van der Waals surface area contributed by atoms with Gasteiger partial charge in [0.1, 0.15) is 6.61 Å². The zero-order chi connectivity index (χ0) is 13.4. The van der Waals surface area contributed by atoms with Gasteiger partial charge >= 0.3 is 5.97 Å². The Bertz CT molecular complexity index is 349. The lowest BCUT2D eigenvalue weighted by Crippen LogP contribution is -2.17. The van der Waals surface area contributed by atoms with E-state index in [0.717, 1.165) is 24.8 Å². The fraction of sp³-hybridized carbons (Fsp3) is 0.533. The van der Waals surface area contributed by atoms with Gasteiger partial charge < -0.3 is 10.5 Å². The molecule has 1 aromatic carbocycles. The molecule has 0 saturated heterocycles. The summed E-state index contributed by atoms with van der Waals surface area (Å²) in [6.07, 6.45) is 2.77. The van der Waals surface area contributed by atoms with Crippen molar-refractivity contribution in [2.45, 2.75) is 45.8 Å². The number of ether oxygens (including phenoxy) is 1. The molecule has 1 aromatic rings. The maximum atomic E-state index is 11.7. The van der Waals surface area contributed by atoms with E-state index < -0.39 is 0 Å². The van der Waals surface area contributed by atoms with Crippen LogP contribution in [-0.4, -0.2) is 12.0 Å². The van der Waals surface area contributed by atoms with E-state index in [-0.39, 0.29) is 17.9 Å². The fourth-order valence-corrected chi connectivity index (χ4v) is 1.73. The van der Waals surface area contributed by atoms with Crippen molar-refractivity contribution >= 4 is 5.97 Å². The van der Waals surface area contributed by atoms with Crippen LogP contribution in [0.2, 0.25) is 0 Å². The van der Waals surface area contributed by atoms with E-state index in [1.54, 1.807) is 0 Å². The first kappa shape index (κ1) is 14.7. The molecule has 0 aliphatic rings. The molecule has 0 amide bonds. The van der Waals surface area contributed by atoms with Gasteiger partial charge in [0.2, 0.25) is 0 Å². The summed E-state index contributed by atoms with van der Waals surface area (Å²) in [5.41, 5.74) is 6.70. The molecule has 2 atom stereocenters. The van der Waals surface area contributed by atoms with Crippen LogP contribution in [-0.2, 0) is 16.1 Å². The van der Waals surface area contributed by atoms with Crippen molar-refractivity contribution in [3.63, 3.8) is 0 Å². The van der Waals surface area contributed by atoms with Gasteiger partial charge in [-0.05, 0) is 25.3 Å². The molecule has 3 heteroatoms. The molecule has 0 aliphatic carbocycles. The van der Waals surface area contributed by atoms with E-state index in [2.05, 4.69) is 0 Å². The number of rotatable bonds is 7. The molecule has 0 bridgehead atoms. The van der Waals surface area contributed by atoms with Gasteiger partial charge in [-0.2, -0.15) is 0 Å². The second-order valence-corrected chi connectivity index (χ2v) is 4.90. The Labute approximate surface area is 109 Å². The second-order valence-electron chi connectivity index (χ2n) is 4.90. The largest absolute Gasteiger partial charge is 0.461 e. The predicted octanol–water partition coefficient (Wildman–Crippen LogP) is 2.88. The minimum Gasteiger partial charge on any atom is -0.461 e. The van der Waals surface area contributed by atoms with Crippen LogP contribution in [0, 0.1) is 5.92 Å². The van der Waals surface area contributed by atoms with Gasteiger partial charge in [0, 0.05) is 6.04 Å². The van der Waals surface area contributed by atoms with Crippen molar-refractivity contribution in [2.75, 3.05) is 0 Å². The zero-order valence-corrected chi connectivity index (χ0v) is 11.3. The first-order valence-electron chi connectivity index (χ1n) is 6.55. The van der Waals surface area contributed by atoms with Crippen molar-refractivity contribution in [3.05, 3.63) is 35.9 Å². The lowest BCUT2D eigenvalue weighted by Gasteiger charge is -2.12. The summed E-state index contributed by atoms with van der Waals surface area (Å²) in [5, 5.41) is 0. The highest BCUT2D eigenvalue weighted by molar-refractivity contribution is 5.71. The number of benzene rings is 1. The second kappa shape index (κ2) is 7.88. The quantitative estimate of drug-likeness (QED) is 0.756. The first-order valence-corrected chi connectivity index (χ1v) is 6.55. The molecular formula is C15H23NO2. The van der Waals surface area contributed by atoms with Crippen molar-refractivity contribution in [1.82, 2.24) is 0 Å². The summed E-state index contributed by atoms with van der Waals surface area (Å²) < 4.78 is 5.28. The average molecular weight is 249 g/mol. The molecule has 0 spiro atoms. The van der Waals surface area contributed by atoms with Gasteiger partial charge in [-0.15, -0.1) is 0 Å². The summed E-state index contributed by atoms with van der Waals surface area (Å²) in [4.78, 5) is 11.7. The number of carbonyl (C=O) groups is 1. The minimum atomic E-state index is -0.122. The Balaban J connectivity index is 2.23. The van der Waals surface area contributed by atoms with E-state index in [1.807, 2.05) is 44.2 Å². The zero-order valence-electron chi connectivity index (χ0n) is 11.3.